The van der Waals surface area contributed by atoms with Crippen LogP contribution in [0.4, 0.5) is 0 Å². The Balaban J connectivity index is 2.66. The summed E-state index contributed by atoms with van der Waals surface area (Å²) in [6.07, 6.45) is 1.39. The molecule has 2 aromatic rings. The summed E-state index contributed by atoms with van der Waals surface area (Å²) in [4.78, 5) is 12.0. The summed E-state index contributed by atoms with van der Waals surface area (Å²) >= 11 is 1.53. The van der Waals surface area contributed by atoms with Crippen LogP contribution in [-0.2, 0) is 7.05 Å². The predicted molar refractivity (Wildman–Crippen MR) is 58.2 cm³/mol. The number of hydrogen-bond acceptors (Lipinski definition) is 3. The molecule has 0 aliphatic carbocycles. The lowest BCUT2D eigenvalue weighted by atomic mass is 10.1. The van der Waals surface area contributed by atoms with Gasteiger partial charge in [0.25, 0.3) is 0 Å². The summed E-state index contributed by atoms with van der Waals surface area (Å²) in [7, 11) is 1.75. The maximum Gasteiger partial charge on any atom is 0.339 e. The van der Waals surface area contributed by atoms with Gasteiger partial charge in [0.2, 0.25) is 0 Å². The van der Waals surface area contributed by atoms with E-state index >= 15 is 0 Å². The molecular formula is C10H10N2O2S. The number of aromatic carboxylic acids is 1. The Labute approximate surface area is 90.8 Å². The molecular weight excluding hydrogens is 212 g/mol. The number of carboxylic acids is 1. The molecule has 0 amide bonds. The summed E-state index contributed by atoms with van der Waals surface area (Å²) < 4.78 is 1.60. The van der Waals surface area contributed by atoms with Crippen molar-refractivity contribution in [3.05, 3.63) is 28.8 Å². The molecule has 78 valence electrons. The number of carbonyl (C=O) groups is 1. The number of carboxylic acid groups (broad SMARTS) is 1. The van der Waals surface area contributed by atoms with Crippen LogP contribution in [0, 0.1) is 6.92 Å². The molecule has 0 saturated carbocycles. The van der Waals surface area contributed by atoms with E-state index in [4.69, 9.17) is 5.11 Å². The molecule has 15 heavy (non-hydrogen) atoms. The van der Waals surface area contributed by atoms with Crippen molar-refractivity contribution in [3.8, 4) is 10.6 Å². The van der Waals surface area contributed by atoms with Gasteiger partial charge in [0.05, 0.1) is 16.8 Å². The fraction of sp³-hybridized carbons (Fsp3) is 0.200. The average molecular weight is 222 g/mol. The highest BCUT2D eigenvalue weighted by atomic mass is 32.1. The van der Waals surface area contributed by atoms with E-state index in [2.05, 4.69) is 5.10 Å². The van der Waals surface area contributed by atoms with Crippen LogP contribution in [0.3, 0.4) is 0 Å². The van der Waals surface area contributed by atoms with Gasteiger partial charge in [0.1, 0.15) is 5.56 Å². The van der Waals surface area contributed by atoms with Crippen LogP contribution in [0.25, 0.3) is 10.6 Å². The molecule has 2 aromatic heterocycles. The first kappa shape index (κ1) is 9.92. The largest absolute Gasteiger partial charge is 0.478 e. The monoisotopic (exact) mass is 222 g/mol. The fourth-order valence-electron chi connectivity index (χ4n) is 1.48. The van der Waals surface area contributed by atoms with Crippen molar-refractivity contribution in [2.45, 2.75) is 6.92 Å². The van der Waals surface area contributed by atoms with Crippen molar-refractivity contribution in [1.29, 1.82) is 0 Å². The van der Waals surface area contributed by atoms with Crippen LogP contribution in [0.2, 0.25) is 0 Å². The van der Waals surface area contributed by atoms with Gasteiger partial charge in [-0.3, -0.25) is 4.68 Å². The van der Waals surface area contributed by atoms with Crippen LogP contribution in [-0.4, -0.2) is 20.9 Å². The first-order valence-electron chi connectivity index (χ1n) is 4.41. The minimum absolute atomic E-state index is 0.253. The molecule has 0 aliphatic heterocycles. The molecule has 0 saturated heterocycles. The first-order valence-corrected chi connectivity index (χ1v) is 5.29. The van der Waals surface area contributed by atoms with E-state index in [1.165, 1.54) is 17.5 Å². The van der Waals surface area contributed by atoms with Gasteiger partial charge < -0.3 is 5.11 Å². The van der Waals surface area contributed by atoms with Gasteiger partial charge in [-0.25, -0.2) is 4.79 Å². The minimum Gasteiger partial charge on any atom is -0.478 e. The van der Waals surface area contributed by atoms with Crippen molar-refractivity contribution < 1.29 is 9.90 Å². The third kappa shape index (κ3) is 1.55. The molecule has 0 bridgehead atoms. The van der Waals surface area contributed by atoms with Crippen molar-refractivity contribution in [3.63, 3.8) is 0 Å². The Kier molecular flexibility index (Phi) is 2.32. The zero-order valence-electron chi connectivity index (χ0n) is 8.39. The fourth-order valence-corrected chi connectivity index (χ4v) is 2.49. The second kappa shape index (κ2) is 3.51. The summed E-state index contributed by atoms with van der Waals surface area (Å²) in [5.41, 5.74) is 2.00. The van der Waals surface area contributed by atoms with Gasteiger partial charge in [-0.15, -0.1) is 11.3 Å². The Morgan fingerprint density at radius 3 is 2.87 bits per heavy atom. The molecule has 0 atom stereocenters. The maximum absolute atomic E-state index is 11.0. The first-order chi connectivity index (χ1) is 7.11. The van der Waals surface area contributed by atoms with Crippen molar-refractivity contribution in [1.82, 2.24) is 9.78 Å². The van der Waals surface area contributed by atoms with E-state index in [-0.39, 0.29) is 5.56 Å². The molecule has 5 heteroatoms. The van der Waals surface area contributed by atoms with E-state index in [1.54, 1.807) is 11.7 Å². The number of thiophene rings is 1. The van der Waals surface area contributed by atoms with Crippen molar-refractivity contribution >= 4 is 17.3 Å². The molecule has 0 spiro atoms. The molecule has 4 nitrogen and oxygen atoms in total. The molecule has 0 fully saturated rings. The Bertz CT molecular complexity index is 513. The number of rotatable bonds is 2. The lowest BCUT2D eigenvalue weighted by Crippen LogP contribution is -2.00. The number of hydrogen-bond donors (Lipinski definition) is 1. The third-order valence-electron chi connectivity index (χ3n) is 2.25. The topological polar surface area (TPSA) is 55.1 Å². The Morgan fingerprint density at radius 1 is 1.60 bits per heavy atom. The standard InChI is InChI=1S/C10H10N2O2S/c1-6-3-4-15-9(6)8-7(10(13)14)5-11-12(8)2/h3-5H,1-2H3,(H,13,14). The van der Waals surface area contributed by atoms with Gasteiger partial charge in [-0.05, 0) is 23.9 Å². The van der Waals surface area contributed by atoms with E-state index in [9.17, 15) is 4.79 Å². The molecule has 0 aromatic carbocycles. The Morgan fingerprint density at radius 2 is 2.33 bits per heavy atom. The molecule has 2 heterocycles. The van der Waals surface area contributed by atoms with Crippen LogP contribution in [0.5, 0.6) is 0 Å². The van der Waals surface area contributed by atoms with E-state index in [0.29, 0.717) is 5.69 Å². The summed E-state index contributed by atoms with van der Waals surface area (Å²) in [6.45, 7) is 1.96. The quantitative estimate of drug-likeness (QED) is 0.847. The molecule has 0 radical (unpaired) electrons. The van der Waals surface area contributed by atoms with E-state index < -0.39 is 5.97 Å². The molecule has 2 rings (SSSR count). The van der Waals surface area contributed by atoms with E-state index in [0.717, 1.165) is 10.4 Å². The molecule has 0 unspecified atom stereocenters. The predicted octanol–water partition coefficient (Wildman–Crippen LogP) is 2.16. The zero-order chi connectivity index (χ0) is 11.0. The lowest BCUT2D eigenvalue weighted by Gasteiger charge is -2.02. The lowest BCUT2D eigenvalue weighted by molar-refractivity contribution is 0.0697. The van der Waals surface area contributed by atoms with Gasteiger partial charge in [0.15, 0.2) is 0 Å². The van der Waals surface area contributed by atoms with Gasteiger partial charge in [-0.2, -0.15) is 5.10 Å². The molecule has 1 N–H and O–H groups in total. The highest BCUT2D eigenvalue weighted by Gasteiger charge is 2.18. The third-order valence-corrected chi connectivity index (χ3v) is 3.27. The van der Waals surface area contributed by atoms with Gasteiger partial charge >= 0.3 is 5.97 Å². The Hall–Kier alpha value is -1.62. The number of aryl methyl sites for hydroxylation is 2. The van der Waals surface area contributed by atoms with Crippen LogP contribution in [0.15, 0.2) is 17.6 Å². The normalized spacial score (nSPS) is 10.5. The SMILES string of the molecule is Cc1ccsc1-c1c(C(=O)O)cnn1C. The second-order valence-electron chi connectivity index (χ2n) is 3.27. The summed E-state index contributed by atoms with van der Waals surface area (Å²) in [6, 6.07) is 1.97. The highest BCUT2D eigenvalue weighted by molar-refractivity contribution is 7.13. The van der Waals surface area contributed by atoms with Crippen LogP contribution < -0.4 is 0 Å². The van der Waals surface area contributed by atoms with E-state index in [1.807, 2.05) is 18.4 Å². The highest BCUT2D eigenvalue weighted by Crippen LogP contribution is 2.31. The van der Waals surface area contributed by atoms with Gasteiger partial charge in [0, 0.05) is 7.05 Å². The van der Waals surface area contributed by atoms with Crippen LogP contribution >= 0.6 is 11.3 Å². The summed E-state index contributed by atoms with van der Waals surface area (Å²) in [5, 5.41) is 14.9. The maximum atomic E-state index is 11.0. The number of nitrogens with zero attached hydrogens (tertiary/aromatic N) is 2. The minimum atomic E-state index is -0.939. The van der Waals surface area contributed by atoms with Crippen LogP contribution in [0.1, 0.15) is 15.9 Å². The smallest absolute Gasteiger partial charge is 0.339 e. The van der Waals surface area contributed by atoms with Crippen molar-refractivity contribution in [2.24, 2.45) is 7.05 Å². The average Bonchev–Trinajstić information content (AvgIpc) is 2.71. The molecule has 0 aliphatic rings. The summed E-state index contributed by atoms with van der Waals surface area (Å²) in [5.74, 6) is -0.939. The zero-order valence-corrected chi connectivity index (χ0v) is 9.21. The van der Waals surface area contributed by atoms with Gasteiger partial charge in [-0.1, -0.05) is 0 Å². The number of aromatic nitrogens is 2. The second-order valence-corrected chi connectivity index (χ2v) is 4.18. The van der Waals surface area contributed by atoms with Crippen molar-refractivity contribution in [2.75, 3.05) is 0 Å².